The minimum Gasteiger partial charge on any atom is -0.381 e. The summed E-state index contributed by atoms with van der Waals surface area (Å²) >= 11 is 1.30. The third-order valence-corrected chi connectivity index (χ3v) is 2.57. The molecule has 0 aromatic carbocycles. The molecule has 0 spiro atoms. The Kier molecular flexibility index (Phi) is 4.78. The highest BCUT2D eigenvalue weighted by atomic mass is 32.2. The molecule has 0 radical (unpaired) electrons. The Morgan fingerprint density at radius 1 is 1.50 bits per heavy atom. The summed E-state index contributed by atoms with van der Waals surface area (Å²) in [5.74, 6) is 1.24. The van der Waals surface area contributed by atoms with Crippen molar-refractivity contribution in [1.29, 1.82) is 0 Å². The van der Waals surface area contributed by atoms with Crippen molar-refractivity contribution in [1.82, 2.24) is 9.97 Å². The highest BCUT2D eigenvalue weighted by Gasteiger charge is 1.97. The number of nitrogens with zero attached hydrogens (tertiary/aromatic N) is 2. The molecule has 1 aromatic rings. The van der Waals surface area contributed by atoms with Gasteiger partial charge in [-0.2, -0.15) is 0 Å². The molecular formula is C10H14N4OS. The van der Waals surface area contributed by atoms with Crippen molar-refractivity contribution in [2.45, 2.75) is 13.3 Å². The predicted octanol–water partition coefficient (Wildman–Crippen LogP) is 1.32. The van der Waals surface area contributed by atoms with Crippen LogP contribution < -0.4 is 11.5 Å². The SMILES string of the molecule is CC(=O)SCCC=Cc1cnc(N)c(N)n1. The van der Waals surface area contributed by atoms with E-state index >= 15 is 0 Å². The zero-order chi connectivity index (χ0) is 12.0. The van der Waals surface area contributed by atoms with Crippen molar-refractivity contribution in [2.24, 2.45) is 0 Å². The first-order chi connectivity index (χ1) is 7.59. The maximum atomic E-state index is 10.6. The molecule has 0 amide bonds. The Bertz CT molecular complexity index is 406. The summed E-state index contributed by atoms with van der Waals surface area (Å²) in [5, 5.41) is 0.130. The van der Waals surface area contributed by atoms with Gasteiger partial charge in [0.05, 0.1) is 11.9 Å². The lowest BCUT2D eigenvalue weighted by Crippen LogP contribution is -2.01. The summed E-state index contributed by atoms with van der Waals surface area (Å²) in [6, 6.07) is 0. The van der Waals surface area contributed by atoms with Crippen LogP contribution in [0.25, 0.3) is 6.08 Å². The molecule has 1 heterocycles. The third kappa shape index (κ3) is 4.31. The molecule has 1 aromatic heterocycles. The summed E-state index contributed by atoms with van der Waals surface area (Å²) < 4.78 is 0. The largest absolute Gasteiger partial charge is 0.381 e. The van der Waals surface area contributed by atoms with Crippen LogP contribution in [0.3, 0.4) is 0 Å². The maximum absolute atomic E-state index is 10.6. The fourth-order valence-electron chi connectivity index (χ4n) is 0.982. The van der Waals surface area contributed by atoms with Crippen molar-refractivity contribution >= 4 is 34.6 Å². The Balaban J connectivity index is 2.44. The predicted molar refractivity (Wildman–Crippen MR) is 67.6 cm³/mol. The van der Waals surface area contributed by atoms with Gasteiger partial charge in [-0.15, -0.1) is 0 Å². The molecule has 0 saturated heterocycles. The van der Waals surface area contributed by atoms with Gasteiger partial charge in [-0.3, -0.25) is 4.79 Å². The molecule has 0 aliphatic carbocycles. The second-order valence-corrected chi connectivity index (χ2v) is 4.37. The molecule has 0 unspecified atom stereocenters. The second-order valence-electron chi connectivity index (χ2n) is 3.10. The Hall–Kier alpha value is -1.56. The summed E-state index contributed by atoms with van der Waals surface area (Å²) in [4.78, 5) is 18.6. The summed E-state index contributed by atoms with van der Waals surface area (Å²) in [6.45, 7) is 1.56. The van der Waals surface area contributed by atoms with Gasteiger partial charge in [0.2, 0.25) is 0 Å². The van der Waals surface area contributed by atoms with Crippen LogP contribution in [0.15, 0.2) is 12.3 Å². The monoisotopic (exact) mass is 238 g/mol. The van der Waals surface area contributed by atoms with Crippen LogP contribution in [-0.2, 0) is 4.79 Å². The van der Waals surface area contributed by atoms with Crippen LogP contribution in [0.4, 0.5) is 11.6 Å². The number of carbonyl (C=O) groups excluding carboxylic acids is 1. The van der Waals surface area contributed by atoms with Gasteiger partial charge in [-0.1, -0.05) is 17.8 Å². The highest BCUT2D eigenvalue weighted by molar-refractivity contribution is 8.13. The van der Waals surface area contributed by atoms with Gasteiger partial charge in [0, 0.05) is 12.7 Å². The lowest BCUT2D eigenvalue weighted by molar-refractivity contribution is -0.109. The average molecular weight is 238 g/mol. The topological polar surface area (TPSA) is 94.9 Å². The number of anilines is 2. The Morgan fingerprint density at radius 2 is 2.25 bits per heavy atom. The van der Waals surface area contributed by atoms with Crippen LogP contribution in [0.5, 0.6) is 0 Å². The average Bonchev–Trinajstić information content (AvgIpc) is 2.22. The van der Waals surface area contributed by atoms with E-state index in [-0.39, 0.29) is 16.8 Å². The summed E-state index contributed by atoms with van der Waals surface area (Å²) in [6.07, 6.45) is 6.09. The smallest absolute Gasteiger partial charge is 0.185 e. The highest BCUT2D eigenvalue weighted by Crippen LogP contribution is 2.09. The molecule has 0 aliphatic heterocycles. The van der Waals surface area contributed by atoms with Crippen molar-refractivity contribution < 1.29 is 4.79 Å². The number of aromatic nitrogens is 2. The minimum atomic E-state index is 0.130. The van der Waals surface area contributed by atoms with E-state index in [0.717, 1.165) is 12.2 Å². The molecule has 0 saturated carbocycles. The molecule has 6 heteroatoms. The van der Waals surface area contributed by atoms with Gasteiger partial charge in [0.15, 0.2) is 16.8 Å². The zero-order valence-corrected chi connectivity index (χ0v) is 9.83. The minimum absolute atomic E-state index is 0.130. The maximum Gasteiger partial charge on any atom is 0.185 e. The van der Waals surface area contributed by atoms with Gasteiger partial charge >= 0.3 is 0 Å². The number of thioether (sulfide) groups is 1. The third-order valence-electron chi connectivity index (χ3n) is 1.73. The van der Waals surface area contributed by atoms with Gasteiger partial charge in [0.25, 0.3) is 0 Å². The van der Waals surface area contributed by atoms with E-state index in [1.807, 2.05) is 12.2 Å². The number of allylic oxidation sites excluding steroid dienone is 1. The van der Waals surface area contributed by atoms with Crippen LogP contribution in [0.1, 0.15) is 19.0 Å². The van der Waals surface area contributed by atoms with E-state index in [4.69, 9.17) is 11.5 Å². The molecule has 4 N–H and O–H groups in total. The van der Waals surface area contributed by atoms with Gasteiger partial charge in [-0.05, 0) is 12.5 Å². The Labute approximate surface area is 98.3 Å². The van der Waals surface area contributed by atoms with E-state index < -0.39 is 0 Å². The van der Waals surface area contributed by atoms with E-state index in [9.17, 15) is 4.79 Å². The van der Waals surface area contributed by atoms with Crippen LogP contribution in [0, 0.1) is 0 Å². The normalized spacial score (nSPS) is 10.8. The standard InChI is InChI=1S/C10H14N4OS/c1-7(15)16-5-3-2-4-8-6-13-9(11)10(12)14-8/h2,4,6H,3,5H2,1H3,(H2,11,13)(H2,12,14). The molecule has 86 valence electrons. The van der Waals surface area contributed by atoms with E-state index in [1.165, 1.54) is 11.8 Å². The number of nitrogen functional groups attached to an aromatic ring is 2. The fourth-order valence-corrected chi connectivity index (χ4v) is 1.52. The zero-order valence-electron chi connectivity index (χ0n) is 9.01. The number of rotatable bonds is 4. The second kappa shape index (κ2) is 6.12. The quantitative estimate of drug-likeness (QED) is 0.768. The van der Waals surface area contributed by atoms with E-state index in [0.29, 0.717) is 5.69 Å². The van der Waals surface area contributed by atoms with Crippen LogP contribution in [-0.4, -0.2) is 20.8 Å². The lowest BCUT2D eigenvalue weighted by atomic mass is 10.3. The van der Waals surface area contributed by atoms with Gasteiger partial charge < -0.3 is 11.5 Å². The van der Waals surface area contributed by atoms with Crippen LogP contribution >= 0.6 is 11.8 Å². The number of hydrogen-bond acceptors (Lipinski definition) is 6. The molecule has 0 bridgehead atoms. The number of carbonyl (C=O) groups is 1. The summed E-state index contributed by atoms with van der Waals surface area (Å²) in [7, 11) is 0. The lowest BCUT2D eigenvalue weighted by Gasteiger charge is -1.98. The molecule has 16 heavy (non-hydrogen) atoms. The van der Waals surface area contributed by atoms with E-state index in [1.54, 1.807) is 13.1 Å². The molecule has 1 rings (SSSR count). The molecule has 0 fully saturated rings. The first kappa shape index (κ1) is 12.5. The molecular weight excluding hydrogens is 224 g/mol. The van der Waals surface area contributed by atoms with Crippen molar-refractivity contribution in [3.63, 3.8) is 0 Å². The number of hydrogen-bond donors (Lipinski definition) is 2. The Morgan fingerprint density at radius 3 is 2.88 bits per heavy atom. The molecule has 5 nitrogen and oxygen atoms in total. The fraction of sp³-hybridized carbons (Fsp3) is 0.300. The molecule has 0 atom stereocenters. The van der Waals surface area contributed by atoms with Gasteiger partial charge in [-0.25, -0.2) is 9.97 Å². The summed E-state index contributed by atoms with van der Waals surface area (Å²) in [5.41, 5.74) is 11.6. The number of nitrogens with two attached hydrogens (primary N) is 2. The first-order valence-corrected chi connectivity index (χ1v) is 5.76. The van der Waals surface area contributed by atoms with Crippen LogP contribution in [0.2, 0.25) is 0 Å². The van der Waals surface area contributed by atoms with E-state index in [2.05, 4.69) is 9.97 Å². The van der Waals surface area contributed by atoms with Crippen molar-refractivity contribution in [2.75, 3.05) is 17.2 Å². The van der Waals surface area contributed by atoms with Crippen molar-refractivity contribution in [3.8, 4) is 0 Å². The van der Waals surface area contributed by atoms with Gasteiger partial charge in [0.1, 0.15) is 0 Å². The van der Waals surface area contributed by atoms with Crippen molar-refractivity contribution in [3.05, 3.63) is 18.0 Å². The molecule has 0 aliphatic rings. The first-order valence-electron chi connectivity index (χ1n) is 4.77.